The second-order valence-corrected chi connectivity index (χ2v) is 5.10. The van der Waals surface area contributed by atoms with Crippen molar-refractivity contribution in [1.82, 2.24) is 19.7 Å². The number of fused-ring (bicyclic) bond motifs is 1. The van der Waals surface area contributed by atoms with E-state index in [1.807, 2.05) is 30.6 Å². The lowest BCUT2D eigenvalue weighted by atomic mass is 10.4. The van der Waals surface area contributed by atoms with Gasteiger partial charge in [-0.2, -0.15) is 0 Å². The van der Waals surface area contributed by atoms with Gasteiger partial charge in [0.1, 0.15) is 4.60 Å². The highest BCUT2D eigenvalue weighted by molar-refractivity contribution is 9.10. The lowest BCUT2D eigenvalue weighted by Gasteiger charge is -2.08. The Morgan fingerprint density at radius 2 is 2.22 bits per heavy atom. The molecule has 18 heavy (non-hydrogen) atoms. The third-order valence-corrected chi connectivity index (χ3v) is 2.89. The molecular formula is C12H17BrN4O. The van der Waals surface area contributed by atoms with Gasteiger partial charge in [0.15, 0.2) is 5.65 Å². The Bertz CT molecular complexity index is 512. The maximum atomic E-state index is 5.47. The maximum Gasteiger partial charge on any atom is 0.155 e. The van der Waals surface area contributed by atoms with E-state index in [9.17, 15) is 0 Å². The average Bonchev–Trinajstić information content (AvgIpc) is 2.71. The Balaban J connectivity index is 1.89. The number of nitrogens with one attached hydrogen (secondary N) is 1. The van der Waals surface area contributed by atoms with Crippen molar-refractivity contribution in [3.63, 3.8) is 0 Å². The summed E-state index contributed by atoms with van der Waals surface area (Å²) < 4.78 is 8.29. The molecule has 0 saturated heterocycles. The summed E-state index contributed by atoms with van der Waals surface area (Å²) in [6, 6.07) is 0. The van der Waals surface area contributed by atoms with E-state index >= 15 is 0 Å². The number of ether oxygens (including phenoxy) is 1. The Morgan fingerprint density at radius 1 is 1.39 bits per heavy atom. The number of nitrogens with zero attached hydrogens (tertiary/aromatic N) is 3. The van der Waals surface area contributed by atoms with Gasteiger partial charge in [0, 0.05) is 19.3 Å². The molecule has 98 valence electrons. The monoisotopic (exact) mass is 312 g/mol. The molecule has 5 nitrogen and oxygen atoms in total. The highest BCUT2D eigenvalue weighted by Crippen LogP contribution is 2.10. The average molecular weight is 313 g/mol. The minimum absolute atomic E-state index is 0.282. The van der Waals surface area contributed by atoms with Gasteiger partial charge in [-0.1, -0.05) is 0 Å². The predicted molar refractivity (Wildman–Crippen MR) is 73.5 cm³/mol. The molecular weight excluding hydrogens is 296 g/mol. The molecule has 0 saturated carbocycles. The van der Waals surface area contributed by atoms with Crippen LogP contribution in [0.2, 0.25) is 0 Å². The van der Waals surface area contributed by atoms with E-state index < -0.39 is 0 Å². The Morgan fingerprint density at radius 3 is 3.00 bits per heavy atom. The molecule has 2 aromatic heterocycles. The molecule has 0 aliphatic heterocycles. The van der Waals surface area contributed by atoms with E-state index in [4.69, 9.17) is 4.74 Å². The summed E-state index contributed by atoms with van der Waals surface area (Å²) in [6.45, 7) is 6.39. The van der Waals surface area contributed by atoms with Crippen molar-refractivity contribution >= 4 is 21.6 Å². The van der Waals surface area contributed by atoms with Crippen molar-refractivity contribution in [3.05, 3.63) is 28.9 Å². The van der Waals surface area contributed by atoms with Crippen LogP contribution in [0, 0.1) is 0 Å². The van der Waals surface area contributed by atoms with Crippen LogP contribution in [0.5, 0.6) is 0 Å². The largest absolute Gasteiger partial charge is 0.377 e. The number of rotatable bonds is 6. The molecule has 1 N–H and O–H groups in total. The zero-order valence-electron chi connectivity index (χ0n) is 10.6. The lowest BCUT2D eigenvalue weighted by molar-refractivity contribution is 0.0806. The molecule has 2 aromatic rings. The van der Waals surface area contributed by atoms with Crippen LogP contribution in [0.15, 0.2) is 23.2 Å². The Hall–Kier alpha value is -0.980. The first-order valence-corrected chi connectivity index (χ1v) is 6.76. The van der Waals surface area contributed by atoms with Crippen molar-refractivity contribution in [2.75, 3.05) is 13.2 Å². The first kappa shape index (κ1) is 13.5. The lowest BCUT2D eigenvalue weighted by Crippen LogP contribution is -2.21. The molecule has 0 aromatic carbocycles. The Labute approximate surface area is 115 Å². The summed E-state index contributed by atoms with van der Waals surface area (Å²) in [7, 11) is 0. The minimum atomic E-state index is 0.282. The molecule has 0 amide bonds. The van der Waals surface area contributed by atoms with E-state index in [1.165, 1.54) is 0 Å². The normalized spacial score (nSPS) is 11.6. The Kier molecular flexibility index (Phi) is 4.68. The topological polar surface area (TPSA) is 51.5 Å². The van der Waals surface area contributed by atoms with Crippen LogP contribution in [0.1, 0.15) is 19.5 Å². The molecule has 0 aliphatic rings. The molecule has 0 radical (unpaired) electrons. The smallest absolute Gasteiger partial charge is 0.155 e. The van der Waals surface area contributed by atoms with E-state index in [2.05, 4.69) is 31.2 Å². The van der Waals surface area contributed by atoms with E-state index in [0.717, 1.165) is 35.6 Å². The summed E-state index contributed by atoms with van der Waals surface area (Å²) in [5.41, 5.74) is 1.96. The van der Waals surface area contributed by atoms with Gasteiger partial charge in [0.25, 0.3) is 0 Å². The van der Waals surface area contributed by atoms with Crippen LogP contribution >= 0.6 is 15.9 Å². The van der Waals surface area contributed by atoms with Crippen LogP contribution in [0.4, 0.5) is 0 Å². The molecule has 0 fully saturated rings. The van der Waals surface area contributed by atoms with E-state index in [0.29, 0.717) is 0 Å². The van der Waals surface area contributed by atoms with Crippen molar-refractivity contribution in [2.24, 2.45) is 0 Å². The van der Waals surface area contributed by atoms with Gasteiger partial charge in [-0.3, -0.25) is 4.40 Å². The second-order valence-electron chi connectivity index (χ2n) is 4.28. The van der Waals surface area contributed by atoms with Crippen molar-refractivity contribution in [3.8, 4) is 0 Å². The fourth-order valence-corrected chi connectivity index (χ4v) is 1.94. The van der Waals surface area contributed by atoms with Crippen molar-refractivity contribution in [2.45, 2.75) is 26.5 Å². The van der Waals surface area contributed by atoms with E-state index in [1.54, 1.807) is 6.20 Å². The number of imidazole rings is 1. The number of halogens is 1. The third kappa shape index (κ3) is 3.51. The third-order valence-electron chi connectivity index (χ3n) is 2.48. The van der Waals surface area contributed by atoms with Crippen molar-refractivity contribution < 1.29 is 4.74 Å². The molecule has 0 atom stereocenters. The van der Waals surface area contributed by atoms with E-state index in [-0.39, 0.29) is 6.10 Å². The summed E-state index contributed by atoms with van der Waals surface area (Å²) in [4.78, 5) is 8.44. The number of aromatic nitrogens is 3. The summed E-state index contributed by atoms with van der Waals surface area (Å²) in [6.07, 6.45) is 5.81. The number of hydrogen-bond acceptors (Lipinski definition) is 4. The van der Waals surface area contributed by atoms with Crippen LogP contribution in [0.25, 0.3) is 5.65 Å². The van der Waals surface area contributed by atoms with Crippen LogP contribution in [-0.2, 0) is 11.3 Å². The molecule has 6 heteroatoms. The summed E-state index contributed by atoms with van der Waals surface area (Å²) in [5.74, 6) is 0. The standard InChI is InChI=1S/C12H17BrN4O/c1-9(2)18-4-3-14-5-10-6-16-12-7-15-11(13)8-17(10)12/h6-9,14H,3-5H2,1-2H3. The quantitative estimate of drug-likeness (QED) is 0.829. The van der Waals surface area contributed by atoms with Gasteiger partial charge in [-0.25, -0.2) is 9.97 Å². The molecule has 2 heterocycles. The number of hydrogen-bond donors (Lipinski definition) is 1. The zero-order valence-corrected chi connectivity index (χ0v) is 12.1. The fraction of sp³-hybridized carbons (Fsp3) is 0.500. The predicted octanol–water partition coefficient (Wildman–Crippen LogP) is 2.01. The second kappa shape index (κ2) is 6.26. The zero-order chi connectivity index (χ0) is 13.0. The van der Waals surface area contributed by atoms with Gasteiger partial charge in [0.05, 0.1) is 30.8 Å². The summed E-state index contributed by atoms with van der Waals surface area (Å²) >= 11 is 3.36. The fourth-order valence-electron chi connectivity index (χ4n) is 1.63. The van der Waals surface area contributed by atoms with Gasteiger partial charge < -0.3 is 10.1 Å². The van der Waals surface area contributed by atoms with Crippen LogP contribution in [0.3, 0.4) is 0 Å². The molecule has 0 bridgehead atoms. The SMILES string of the molecule is CC(C)OCCNCc1cnc2cnc(Br)cn12. The van der Waals surface area contributed by atoms with Gasteiger partial charge in [-0.15, -0.1) is 0 Å². The minimum Gasteiger partial charge on any atom is -0.377 e. The van der Waals surface area contributed by atoms with Crippen LogP contribution < -0.4 is 5.32 Å². The first-order chi connectivity index (χ1) is 8.66. The maximum absolute atomic E-state index is 5.47. The molecule has 0 unspecified atom stereocenters. The molecule has 2 rings (SSSR count). The first-order valence-electron chi connectivity index (χ1n) is 5.96. The van der Waals surface area contributed by atoms with Gasteiger partial charge in [-0.05, 0) is 29.8 Å². The molecule has 0 spiro atoms. The van der Waals surface area contributed by atoms with Crippen molar-refractivity contribution in [1.29, 1.82) is 0 Å². The van der Waals surface area contributed by atoms with Gasteiger partial charge >= 0.3 is 0 Å². The highest BCUT2D eigenvalue weighted by Gasteiger charge is 2.03. The van der Waals surface area contributed by atoms with Crippen LogP contribution in [-0.4, -0.2) is 33.6 Å². The molecule has 0 aliphatic carbocycles. The summed E-state index contributed by atoms with van der Waals surface area (Å²) in [5, 5.41) is 3.33. The van der Waals surface area contributed by atoms with Gasteiger partial charge in [0.2, 0.25) is 0 Å². The highest BCUT2D eigenvalue weighted by atomic mass is 79.9.